The summed E-state index contributed by atoms with van der Waals surface area (Å²) in [7, 11) is 0. The van der Waals surface area contributed by atoms with Gasteiger partial charge >= 0.3 is 0 Å². The van der Waals surface area contributed by atoms with Crippen molar-refractivity contribution in [1.82, 2.24) is 0 Å². The van der Waals surface area contributed by atoms with Crippen LogP contribution in [-0.4, -0.2) is 24.1 Å². The van der Waals surface area contributed by atoms with Gasteiger partial charge in [0.15, 0.2) is 5.78 Å². The van der Waals surface area contributed by atoms with Gasteiger partial charge in [-0.05, 0) is 25.1 Å². The summed E-state index contributed by atoms with van der Waals surface area (Å²) in [4.78, 5) is 12.3. The van der Waals surface area contributed by atoms with Gasteiger partial charge in [-0.1, -0.05) is 15.9 Å². The second-order valence-electron chi connectivity index (χ2n) is 5.16. The van der Waals surface area contributed by atoms with Crippen LogP contribution in [-0.2, 0) is 4.74 Å². The smallest absolute Gasteiger partial charge is 0.170 e. The highest BCUT2D eigenvalue weighted by atomic mass is 79.9. The lowest BCUT2D eigenvalue weighted by Gasteiger charge is -2.42. The Balaban J connectivity index is 1.96. The molecule has 2 atom stereocenters. The van der Waals surface area contributed by atoms with Crippen molar-refractivity contribution in [3.63, 3.8) is 0 Å². The van der Waals surface area contributed by atoms with E-state index in [9.17, 15) is 4.79 Å². The molecule has 96 valence electrons. The van der Waals surface area contributed by atoms with Crippen molar-refractivity contribution >= 4 is 21.7 Å². The van der Waals surface area contributed by atoms with E-state index in [1.807, 2.05) is 25.1 Å². The molecule has 0 bridgehead atoms. The second-order valence-corrected chi connectivity index (χ2v) is 6.08. The van der Waals surface area contributed by atoms with Gasteiger partial charge in [-0.2, -0.15) is 0 Å². The quantitative estimate of drug-likeness (QED) is 0.737. The summed E-state index contributed by atoms with van der Waals surface area (Å²) in [6.45, 7) is 2.70. The first kappa shape index (κ1) is 12.2. The van der Waals surface area contributed by atoms with Crippen LogP contribution in [0.2, 0.25) is 0 Å². The Morgan fingerprint density at radius 2 is 2.28 bits per heavy atom. The van der Waals surface area contributed by atoms with Gasteiger partial charge < -0.3 is 9.47 Å². The fourth-order valence-corrected chi connectivity index (χ4v) is 3.21. The van der Waals surface area contributed by atoms with E-state index >= 15 is 0 Å². The maximum Gasteiger partial charge on any atom is 0.170 e. The molecule has 2 heterocycles. The zero-order valence-electron chi connectivity index (χ0n) is 10.2. The molecule has 0 amide bonds. The van der Waals surface area contributed by atoms with Crippen molar-refractivity contribution < 1.29 is 14.3 Å². The summed E-state index contributed by atoms with van der Waals surface area (Å²) in [5.74, 6) is 0.884. The highest BCUT2D eigenvalue weighted by molar-refractivity contribution is 9.10. The topological polar surface area (TPSA) is 35.5 Å². The van der Waals surface area contributed by atoms with E-state index in [1.165, 1.54) is 0 Å². The summed E-state index contributed by atoms with van der Waals surface area (Å²) >= 11 is 3.39. The molecular formula is C14H15BrO3. The predicted octanol–water partition coefficient (Wildman–Crippen LogP) is 3.35. The van der Waals surface area contributed by atoms with Crippen LogP contribution in [0, 0.1) is 0 Å². The van der Waals surface area contributed by atoms with Crippen LogP contribution in [0.5, 0.6) is 5.75 Å². The van der Waals surface area contributed by atoms with Gasteiger partial charge in [0, 0.05) is 17.3 Å². The number of halogens is 1. The van der Waals surface area contributed by atoms with Crippen LogP contribution in [0.3, 0.4) is 0 Å². The van der Waals surface area contributed by atoms with E-state index in [0.29, 0.717) is 24.3 Å². The summed E-state index contributed by atoms with van der Waals surface area (Å²) in [5.41, 5.74) is 0.337. The lowest BCUT2D eigenvalue weighted by molar-refractivity contribution is -0.0849. The van der Waals surface area contributed by atoms with Gasteiger partial charge in [-0.15, -0.1) is 0 Å². The number of ketones is 1. The fraction of sp³-hybridized carbons (Fsp3) is 0.500. The van der Waals surface area contributed by atoms with Crippen LogP contribution in [0.4, 0.5) is 0 Å². The van der Waals surface area contributed by atoms with Gasteiger partial charge in [0.25, 0.3) is 0 Å². The molecule has 18 heavy (non-hydrogen) atoms. The Labute approximate surface area is 115 Å². The van der Waals surface area contributed by atoms with Gasteiger partial charge in [0.1, 0.15) is 11.4 Å². The van der Waals surface area contributed by atoms with E-state index < -0.39 is 0 Å². The third-order valence-electron chi connectivity index (χ3n) is 3.67. The molecule has 0 aromatic heterocycles. The maximum atomic E-state index is 12.3. The Morgan fingerprint density at radius 1 is 1.44 bits per heavy atom. The minimum absolute atomic E-state index is 0.156. The van der Waals surface area contributed by atoms with Crippen molar-refractivity contribution in [3.8, 4) is 5.75 Å². The Kier molecular flexibility index (Phi) is 2.94. The maximum absolute atomic E-state index is 12.3. The Bertz CT molecular complexity index is 500. The van der Waals surface area contributed by atoms with E-state index in [2.05, 4.69) is 15.9 Å². The first-order chi connectivity index (χ1) is 8.58. The van der Waals surface area contributed by atoms with Crippen LogP contribution in [0.1, 0.15) is 36.5 Å². The average Bonchev–Trinajstić information content (AvgIpc) is 2.30. The number of Topliss-reactive ketones (excluding diaryl/α,β-unsaturated/α-hetero) is 1. The molecule has 2 aliphatic rings. The van der Waals surface area contributed by atoms with E-state index in [0.717, 1.165) is 17.3 Å². The SMILES string of the molecule is CC1CC2(CCO1)CC(=O)c1cc(Br)ccc1O2. The molecule has 1 spiro atoms. The molecule has 0 N–H and O–H groups in total. The van der Waals surface area contributed by atoms with Gasteiger partial charge in [0.2, 0.25) is 0 Å². The standard InChI is InChI=1S/C14H15BrO3/c1-9-7-14(4-5-17-9)8-12(16)11-6-10(15)2-3-13(11)18-14/h2-3,6,9H,4-5,7-8H2,1H3. The van der Waals surface area contributed by atoms with E-state index in [4.69, 9.17) is 9.47 Å². The summed E-state index contributed by atoms with van der Waals surface area (Å²) in [6.07, 6.45) is 2.19. The van der Waals surface area contributed by atoms with Crippen molar-refractivity contribution in [1.29, 1.82) is 0 Å². The zero-order chi connectivity index (χ0) is 12.8. The fourth-order valence-electron chi connectivity index (χ4n) is 2.85. The molecule has 1 aromatic carbocycles. The number of benzene rings is 1. The normalized spacial score (nSPS) is 31.0. The van der Waals surface area contributed by atoms with Crippen molar-refractivity contribution in [2.24, 2.45) is 0 Å². The lowest BCUT2D eigenvalue weighted by atomic mass is 9.82. The number of rotatable bonds is 0. The molecule has 1 fully saturated rings. The average molecular weight is 311 g/mol. The molecule has 2 aliphatic heterocycles. The van der Waals surface area contributed by atoms with Gasteiger partial charge in [-0.3, -0.25) is 4.79 Å². The van der Waals surface area contributed by atoms with Crippen LogP contribution >= 0.6 is 15.9 Å². The van der Waals surface area contributed by atoms with Crippen molar-refractivity contribution in [2.45, 2.75) is 37.9 Å². The number of carbonyl (C=O) groups is 1. The molecule has 2 unspecified atom stereocenters. The minimum atomic E-state index is -0.352. The van der Waals surface area contributed by atoms with Crippen molar-refractivity contribution in [3.05, 3.63) is 28.2 Å². The third kappa shape index (κ3) is 2.08. The Hall–Kier alpha value is -0.870. The summed E-state index contributed by atoms with van der Waals surface area (Å²) in [5, 5.41) is 0. The van der Waals surface area contributed by atoms with Crippen molar-refractivity contribution in [2.75, 3.05) is 6.61 Å². The number of hydrogen-bond acceptors (Lipinski definition) is 3. The van der Waals surface area contributed by atoms with Gasteiger partial charge in [0.05, 0.1) is 24.7 Å². The number of carbonyl (C=O) groups excluding carboxylic acids is 1. The van der Waals surface area contributed by atoms with E-state index in [1.54, 1.807) is 0 Å². The molecule has 3 nitrogen and oxygen atoms in total. The molecule has 0 aliphatic carbocycles. The molecule has 1 saturated heterocycles. The minimum Gasteiger partial charge on any atom is -0.486 e. The van der Waals surface area contributed by atoms with Crippen LogP contribution in [0.15, 0.2) is 22.7 Å². The molecule has 0 radical (unpaired) electrons. The summed E-state index contributed by atoms with van der Waals surface area (Å²) in [6, 6.07) is 5.62. The molecule has 3 rings (SSSR count). The number of hydrogen-bond donors (Lipinski definition) is 0. The number of ether oxygens (including phenoxy) is 2. The zero-order valence-corrected chi connectivity index (χ0v) is 11.8. The second kappa shape index (κ2) is 4.35. The largest absolute Gasteiger partial charge is 0.486 e. The molecule has 1 aromatic rings. The highest BCUT2D eigenvalue weighted by Gasteiger charge is 2.43. The van der Waals surface area contributed by atoms with E-state index in [-0.39, 0.29) is 17.5 Å². The lowest BCUT2D eigenvalue weighted by Crippen LogP contribution is -2.48. The monoisotopic (exact) mass is 310 g/mol. The van der Waals surface area contributed by atoms with Crippen LogP contribution in [0.25, 0.3) is 0 Å². The number of fused-ring (bicyclic) bond motifs is 1. The summed E-state index contributed by atoms with van der Waals surface area (Å²) < 4.78 is 12.6. The highest BCUT2D eigenvalue weighted by Crippen LogP contribution is 2.40. The molecular weight excluding hydrogens is 296 g/mol. The first-order valence-electron chi connectivity index (χ1n) is 6.21. The molecule has 4 heteroatoms. The predicted molar refractivity (Wildman–Crippen MR) is 71.1 cm³/mol. The van der Waals surface area contributed by atoms with Gasteiger partial charge in [-0.25, -0.2) is 0 Å². The Morgan fingerprint density at radius 3 is 3.06 bits per heavy atom. The van der Waals surface area contributed by atoms with Crippen LogP contribution < -0.4 is 4.74 Å². The first-order valence-corrected chi connectivity index (χ1v) is 7.01. The third-order valence-corrected chi connectivity index (χ3v) is 4.16. The molecule has 0 saturated carbocycles.